The van der Waals surface area contributed by atoms with Crippen molar-refractivity contribution in [1.82, 2.24) is 9.80 Å². The van der Waals surface area contributed by atoms with Gasteiger partial charge in [0.2, 0.25) is 0 Å². The van der Waals surface area contributed by atoms with E-state index in [0.29, 0.717) is 66.4 Å². The van der Waals surface area contributed by atoms with E-state index in [9.17, 15) is 24.3 Å². The number of carboxylic acid groups (broad SMARTS) is 1. The molecule has 0 fully saturated rings. The zero-order valence-corrected chi connectivity index (χ0v) is 24.2. The van der Waals surface area contributed by atoms with E-state index in [1.54, 1.807) is 48.5 Å². The van der Waals surface area contributed by atoms with Gasteiger partial charge in [-0.2, -0.15) is 0 Å². The summed E-state index contributed by atoms with van der Waals surface area (Å²) < 4.78 is 0. The number of nitrogens with zero attached hydrogens (tertiary/aromatic N) is 2. The first-order chi connectivity index (χ1) is 19.4. The van der Waals surface area contributed by atoms with Gasteiger partial charge in [-0.05, 0) is 63.4 Å². The molecule has 216 valence electrons. The third-order valence-corrected chi connectivity index (χ3v) is 8.08. The van der Waals surface area contributed by atoms with E-state index < -0.39 is 23.6 Å². The van der Waals surface area contributed by atoms with Crippen molar-refractivity contribution in [2.75, 3.05) is 30.3 Å². The van der Waals surface area contributed by atoms with Gasteiger partial charge in [0.1, 0.15) is 5.00 Å². The molecule has 41 heavy (non-hydrogen) atoms. The van der Waals surface area contributed by atoms with Gasteiger partial charge in [0.15, 0.2) is 5.78 Å². The lowest BCUT2D eigenvalue weighted by atomic mass is 10.0. The Morgan fingerprint density at radius 3 is 2.27 bits per heavy atom. The van der Waals surface area contributed by atoms with E-state index in [2.05, 4.69) is 15.5 Å². The van der Waals surface area contributed by atoms with Crippen molar-refractivity contribution >= 4 is 45.8 Å². The van der Waals surface area contributed by atoms with Crippen LogP contribution in [0.15, 0.2) is 54.6 Å². The number of thiophene rings is 1. The molecule has 10 nitrogen and oxygen atoms in total. The number of ketones is 1. The average Bonchev–Trinajstić information content (AvgIpc) is 3.27. The van der Waals surface area contributed by atoms with Crippen LogP contribution in [0.1, 0.15) is 63.9 Å². The molecule has 1 aliphatic heterocycles. The number of amides is 4. The summed E-state index contributed by atoms with van der Waals surface area (Å²) in [5.41, 5.74) is 7.98. The minimum absolute atomic E-state index is 0.112. The van der Waals surface area contributed by atoms with Gasteiger partial charge in [-0.15, -0.1) is 11.3 Å². The molecule has 0 unspecified atom stereocenters. The van der Waals surface area contributed by atoms with Crippen LogP contribution >= 0.6 is 11.3 Å². The first kappa shape index (κ1) is 29.8. The molecule has 0 spiro atoms. The quantitative estimate of drug-likeness (QED) is 0.256. The average molecular weight is 578 g/mol. The number of rotatable bonds is 9. The Labute approximate surface area is 243 Å². The highest BCUT2D eigenvalue weighted by atomic mass is 32.1. The summed E-state index contributed by atoms with van der Waals surface area (Å²) >= 11 is 1.32. The summed E-state index contributed by atoms with van der Waals surface area (Å²) in [5.74, 6) is -0.711. The first-order valence-electron chi connectivity index (χ1n) is 13.4. The normalized spacial score (nSPS) is 13.2. The number of nitrogens with two attached hydrogens (primary N) is 1. The third kappa shape index (κ3) is 7.30. The Kier molecular flexibility index (Phi) is 9.09. The van der Waals surface area contributed by atoms with Gasteiger partial charge < -0.3 is 21.1 Å². The van der Waals surface area contributed by atoms with Crippen LogP contribution in [0.25, 0.3) is 0 Å². The second kappa shape index (κ2) is 12.5. The van der Waals surface area contributed by atoms with Crippen molar-refractivity contribution in [3.8, 4) is 0 Å². The van der Waals surface area contributed by atoms with Gasteiger partial charge in [0, 0.05) is 53.4 Å². The lowest BCUT2D eigenvalue weighted by molar-refractivity contribution is 0.0959. The minimum Gasteiger partial charge on any atom is -0.465 e. The van der Waals surface area contributed by atoms with Crippen LogP contribution in [0.4, 0.5) is 20.3 Å². The van der Waals surface area contributed by atoms with Crippen molar-refractivity contribution in [2.45, 2.75) is 45.7 Å². The van der Waals surface area contributed by atoms with Crippen molar-refractivity contribution in [1.29, 1.82) is 0 Å². The van der Waals surface area contributed by atoms with Crippen molar-refractivity contribution in [2.24, 2.45) is 5.73 Å². The number of hydrogen-bond acceptors (Lipinski definition) is 6. The number of hydrogen-bond donors (Lipinski definition) is 4. The zero-order chi connectivity index (χ0) is 29.7. The molecule has 0 saturated heterocycles. The highest BCUT2D eigenvalue weighted by Gasteiger charge is 2.29. The number of nitrogens with one attached hydrogen (secondary N) is 2. The van der Waals surface area contributed by atoms with Crippen LogP contribution in [0, 0.1) is 0 Å². The molecule has 2 aromatic carbocycles. The Morgan fingerprint density at radius 2 is 1.66 bits per heavy atom. The summed E-state index contributed by atoms with van der Waals surface area (Å²) in [6, 6.07) is 15.0. The van der Waals surface area contributed by atoms with Gasteiger partial charge in [-0.1, -0.05) is 30.3 Å². The fourth-order valence-electron chi connectivity index (χ4n) is 4.89. The third-order valence-electron chi connectivity index (χ3n) is 6.95. The van der Waals surface area contributed by atoms with Gasteiger partial charge >= 0.3 is 12.1 Å². The van der Waals surface area contributed by atoms with E-state index in [1.165, 1.54) is 16.2 Å². The highest BCUT2D eigenvalue weighted by Crippen LogP contribution is 2.37. The number of benzene rings is 2. The Balaban J connectivity index is 1.38. The number of carbonyl (C=O) groups excluding carboxylic acids is 3. The predicted octanol–water partition coefficient (Wildman–Crippen LogP) is 5.25. The number of urea groups is 1. The van der Waals surface area contributed by atoms with Crippen LogP contribution in [0.2, 0.25) is 0 Å². The number of fused-ring (bicyclic) bond motifs is 1. The summed E-state index contributed by atoms with van der Waals surface area (Å²) in [4.78, 5) is 54.0. The molecule has 0 aliphatic carbocycles. The molecule has 0 bridgehead atoms. The fraction of sp³-hybridized carbons (Fsp3) is 0.333. The second-order valence-corrected chi connectivity index (χ2v) is 12.0. The van der Waals surface area contributed by atoms with Crippen molar-refractivity contribution < 1.29 is 24.3 Å². The largest absolute Gasteiger partial charge is 0.465 e. The van der Waals surface area contributed by atoms with Gasteiger partial charge in [-0.3, -0.25) is 19.8 Å². The van der Waals surface area contributed by atoms with E-state index in [4.69, 9.17) is 5.73 Å². The van der Waals surface area contributed by atoms with Crippen LogP contribution in [0.3, 0.4) is 0 Å². The molecule has 1 aliphatic rings. The van der Waals surface area contributed by atoms with Crippen molar-refractivity contribution in [3.63, 3.8) is 0 Å². The van der Waals surface area contributed by atoms with E-state index >= 15 is 0 Å². The van der Waals surface area contributed by atoms with Gasteiger partial charge in [-0.25, -0.2) is 9.59 Å². The number of anilines is 2. The molecule has 11 heteroatoms. The molecule has 4 rings (SSSR count). The summed E-state index contributed by atoms with van der Waals surface area (Å²) in [7, 11) is 0. The SMILES string of the molecule is CC(C)(C)N(CCCN1CCc2c(sc(NC(=O)Nc3ccc(C(=O)c4ccccc4)cc3)c2C(N)=O)C1)C(=O)O. The predicted molar refractivity (Wildman–Crippen MR) is 160 cm³/mol. The molecular formula is C30H35N5O5S. The molecule has 3 aromatic rings. The van der Waals surface area contributed by atoms with Crippen LogP contribution in [0.5, 0.6) is 0 Å². The topological polar surface area (TPSA) is 145 Å². The van der Waals surface area contributed by atoms with Gasteiger partial charge in [0.05, 0.1) is 5.56 Å². The van der Waals surface area contributed by atoms with Crippen LogP contribution in [-0.2, 0) is 13.0 Å². The molecule has 1 aromatic heterocycles. The summed E-state index contributed by atoms with van der Waals surface area (Å²) in [6.45, 7) is 8.03. The second-order valence-electron chi connectivity index (χ2n) is 10.9. The standard InChI is InChI=1S/C30H35N5O5S/c1-30(2,3)35(29(39)40)16-7-15-34-17-14-22-23(18-34)41-27(24(22)26(31)37)33-28(38)32-21-12-10-20(11-13-21)25(36)19-8-5-4-6-9-19/h4-6,8-13H,7,14-18H2,1-3H3,(H2,31,37)(H,39,40)(H2,32,33,38). The maximum atomic E-state index is 12.8. The lowest BCUT2D eigenvalue weighted by Gasteiger charge is -2.34. The van der Waals surface area contributed by atoms with Crippen LogP contribution < -0.4 is 16.4 Å². The molecule has 5 N–H and O–H groups in total. The molecule has 0 saturated carbocycles. The fourth-order valence-corrected chi connectivity index (χ4v) is 6.18. The maximum Gasteiger partial charge on any atom is 0.407 e. The van der Waals surface area contributed by atoms with E-state index in [1.807, 2.05) is 26.8 Å². The number of primary amides is 1. The summed E-state index contributed by atoms with van der Waals surface area (Å²) in [6.07, 6.45) is 0.344. The Morgan fingerprint density at radius 1 is 1.00 bits per heavy atom. The highest BCUT2D eigenvalue weighted by molar-refractivity contribution is 7.17. The molecule has 2 heterocycles. The Bertz CT molecular complexity index is 1430. The Hall–Kier alpha value is -4.22. The molecule has 0 atom stereocenters. The molecule has 0 radical (unpaired) electrons. The number of carbonyl (C=O) groups is 4. The van der Waals surface area contributed by atoms with Gasteiger partial charge in [0.25, 0.3) is 5.91 Å². The van der Waals surface area contributed by atoms with Crippen molar-refractivity contribution in [3.05, 3.63) is 81.7 Å². The smallest absolute Gasteiger partial charge is 0.407 e. The lowest BCUT2D eigenvalue weighted by Crippen LogP contribution is -2.46. The maximum absolute atomic E-state index is 12.8. The first-order valence-corrected chi connectivity index (χ1v) is 14.2. The molecule has 4 amide bonds. The van der Waals surface area contributed by atoms with E-state index in [0.717, 1.165) is 10.4 Å². The summed E-state index contributed by atoms with van der Waals surface area (Å²) in [5, 5.41) is 15.4. The molecular weight excluding hydrogens is 542 g/mol. The minimum atomic E-state index is -0.937. The monoisotopic (exact) mass is 577 g/mol. The van der Waals surface area contributed by atoms with E-state index in [-0.39, 0.29) is 5.78 Å². The van der Waals surface area contributed by atoms with Crippen LogP contribution in [-0.4, -0.2) is 63.9 Å². The zero-order valence-electron chi connectivity index (χ0n) is 23.4.